The first-order chi connectivity index (χ1) is 11.0. The van der Waals surface area contributed by atoms with Gasteiger partial charge in [0.1, 0.15) is 0 Å². The van der Waals surface area contributed by atoms with Crippen molar-refractivity contribution in [1.82, 2.24) is 10.6 Å². The monoisotopic (exact) mass is 350 g/mol. The van der Waals surface area contributed by atoms with Gasteiger partial charge in [0.05, 0.1) is 12.6 Å². The van der Waals surface area contributed by atoms with Crippen molar-refractivity contribution < 1.29 is 4.79 Å². The fourth-order valence-corrected chi connectivity index (χ4v) is 2.59. The maximum atomic E-state index is 12.1. The van der Waals surface area contributed by atoms with Crippen LogP contribution in [0.1, 0.15) is 37.1 Å². The van der Waals surface area contributed by atoms with Gasteiger partial charge in [-0.15, -0.1) is 0 Å². The van der Waals surface area contributed by atoms with E-state index in [1.54, 1.807) is 0 Å². The third-order valence-electron chi connectivity index (χ3n) is 3.66. The first-order valence-electron chi connectivity index (χ1n) is 7.49. The summed E-state index contributed by atoms with van der Waals surface area (Å²) in [7, 11) is 0. The maximum absolute atomic E-state index is 12.1. The number of amides is 1. The second-order valence-electron chi connectivity index (χ2n) is 5.50. The molecular formula is C18H20Cl2N2O. The molecule has 0 aliphatic heterocycles. The van der Waals surface area contributed by atoms with Crippen LogP contribution in [0.2, 0.25) is 10.0 Å². The van der Waals surface area contributed by atoms with E-state index < -0.39 is 0 Å². The van der Waals surface area contributed by atoms with Crippen LogP contribution in [0.25, 0.3) is 0 Å². The molecule has 2 rings (SSSR count). The van der Waals surface area contributed by atoms with Crippen LogP contribution in [-0.2, 0) is 4.79 Å². The Labute approximate surface area is 147 Å². The Morgan fingerprint density at radius 1 is 0.957 bits per heavy atom. The molecule has 0 aliphatic rings. The van der Waals surface area contributed by atoms with E-state index in [2.05, 4.69) is 10.6 Å². The molecule has 0 bridgehead atoms. The second kappa shape index (κ2) is 8.34. The van der Waals surface area contributed by atoms with Crippen molar-refractivity contribution in [3.05, 3.63) is 69.7 Å². The summed E-state index contributed by atoms with van der Waals surface area (Å²) in [6.07, 6.45) is 0. The average molecular weight is 351 g/mol. The third kappa shape index (κ3) is 5.54. The lowest BCUT2D eigenvalue weighted by Crippen LogP contribution is -2.36. The van der Waals surface area contributed by atoms with Crippen LogP contribution in [0.15, 0.2) is 48.5 Å². The average Bonchev–Trinajstić information content (AvgIpc) is 2.53. The molecule has 1 amide bonds. The number of carbonyl (C=O) groups excluding carboxylic acids is 1. The Morgan fingerprint density at radius 2 is 1.65 bits per heavy atom. The fourth-order valence-electron chi connectivity index (χ4n) is 2.27. The topological polar surface area (TPSA) is 41.1 Å². The molecule has 122 valence electrons. The predicted octanol–water partition coefficient (Wildman–Crippen LogP) is 4.52. The van der Waals surface area contributed by atoms with Gasteiger partial charge in [-0.2, -0.15) is 0 Å². The number of nitrogens with one attached hydrogen (secondary N) is 2. The second-order valence-corrected chi connectivity index (χ2v) is 6.37. The van der Waals surface area contributed by atoms with E-state index >= 15 is 0 Å². The van der Waals surface area contributed by atoms with E-state index in [0.29, 0.717) is 10.0 Å². The van der Waals surface area contributed by atoms with Crippen LogP contribution in [0.4, 0.5) is 0 Å². The third-order valence-corrected chi connectivity index (χ3v) is 4.15. The minimum Gasteiger partial charge on any atom is -0.348 e. The van der Waals surface area contributed by atoms with Gasteiger partial charge in [-0.25, -0.2) is 0 Å². The number of hydrogen-bond acceptors (Lipinski definition) is 2. The first-order valence-corrected chi connectivity index (χ1v) is 8.25. The van der Waals surface area contributed by atoms with E-state index in [-0.39, 0.29) is 24.5 Å². The Balaban J connectivity index is 1.83. The summed E-state index contributed by atoms with van der Waals surface area (Å²) in [6.45, 7) is 4.19. The minimum absolute atomic E-state index is 0.0466. The molecule has 0 saturated heterocycles. The van der Waals surface area contributed by atoms with E-state index in [0.717, 1.165) is 11.1 Å². The van der Waals surface area contributed by atoms with Crippen molar-refractivity contribution in [2.75, 3.05) is 6.54 Å². The van der Waals surface area contributed by atoms with E-state index in [9.17, 15) is 4.79 Å². The summed E-state index contributed by atoms with van der Waals surface area (Å²) in [4.78, 5) is 12.1. The van der Waals surface area contributed by atoms with Gasteiger partial charge in [0, 0.05) is 16.1 Å². The van der Waals surface area contributed by atoms with Gasteiger partial charge in [0.2, 0.25) is 5.91 Å². The molecule has 0 spiro atoms. The van der Waals surface area contributed by atoms with E-state index in [4.69, 9.17) is 23.2 Å². The molecule has 2 atom stereocenters. The first kappa shape index (κ1) is 17.8. The standard InChI is InChI=1S/C18H20Cl2N2O/c1-12(15-4-3-5-17(20)10-15)21-11-18(23)22-13(2)14-6-8-16(19)9-7-14/h3-10,12-13,21H,11H2,1-2H3,(H,22,23)/t12-,13-/m0/s1. The summed E-state index contributed by atoms with van der Waals surface area (Å²) in [5, 5.41) is 7.54. The van der Waals surface area contributed by atoms with Crippen LogP contribution in [0.3, 0.4) is 0 Å². The van der Waals surface area contributed by atoms with Crippen molar-refractivity contribution in [2.45, 2.75) is 25.9 Å². The molecule has 0 aliphatic carbocycles. The van der Waals surface area contributed by atoms with Crippen molar-refractivity contribution >= 4 is 29.1 Å². The van der Waals surface area contributed by atoms with Gasteiger partial charge in [0.25, 0.3) is 0 Å². The van der Waals surface area contributed by atoms with Crippen LogP contribution in [0.5, 0.6) is 0 Å². The molecule has 3 nitrogen and oxygen atoms in total. The summed E-state index contributed by atoms with van der Waals surface area (Å²) in [6, 6.07) is 15.1. The Hall–Kier alpha value is -1.55. The van der Waals surface area contributed by atoms with Crippen LogP contribution >= 0.6 is 23.2 Å². The van der Waals surface area contributed by atoms with Crippen molar-refractivity contribution in [3.63, 3.8) is 0 Å². The molecule has 0 heterocycles. The van der Waals surface area contributed by atoms with Gasteiger partial charge in [-0.1, -0.05) is 47.5 Å². The van der Waals surface area contributed by atoms with Gasteiger partial charge in [0.15, 0.2) is 0 Å². The van der Waals surface area contributed by atoms with Crippen LogP contribution < -0.4 is 10.6 Å². The molecule has 2 aromatic rings. The normalized spacial score (nSPS) is 13.4. The summed E-state index contributed by atoms with van der Waals surface area (Å²) < 4.78 is 0. The number of hydrogen-bond donors (Lipinski definition) is 2. The quantitative estimate of drug-likeness (QED) is 0.803. The van der Waals surface area contributed by atoms with E-state index in [1.807, 2.05) is 62.4 Å². The molecule has 2 N–H and O–H groups in total. The summed E-state index contributed by atoms with van der Waals surface area (Å²) in [5.41, 5.74) is 2.07. The number of halogens is 2. The van der Waals surface area contributed by atoms with Crippen LogP contribution in [0, 0.1) is 0 Å². The Kier molecular flexibility index (Phi) is 6.46. The largest absolute Gasteiger partial charge is 0.348 e. The van der Waals surface area contributed by atoms with Gasteiger partial charge in [-0.05, 0) is 49.2 Å². The number of benzene rings is 2. The maximum Gasteiger partial charge on any atom is 0.234 e. The molecule has 5 heteroatoms. The van der Waals surface area contributed by atoms with Crippen molar-refractivity contribution in [3.8, 4) is 0 Å². The molecule has 0 radical (unpaired) electrons. The molecule has 0 unspecified atom stereocenters. The summed E-state index contributed by atoms with van der Waals surface area (Å²) >= 11 is 11.9. The van der Waals surface area contributed by atoms with Crippen molar-refractivity contribution in [2.24, 2.45) is 0 Å². The highest BCUT2D eigenvalue weighted by molar-refractivity contribution is 6.30. The van der Waals surface area contributed by atoms with Gasteiger partial charge >= 0.3 is 0 Å². The fraction of sp³-hybridized carbons (Fsp3) is 0.278. The SMILES string of the molecule is C[C@H](NCC(=O)N[C@@H](C)c1ccc(Cl)cc1)c1cccc(Cl)c1. The molecule has 0 saturated carbocycles. The molecule has 2 aromatic carbocycles. The molecule has 0 fully saturated rings. The van der Waals surface area contributed by atoms with Gasteiger partial charge < -0.3 is 10.6 Å². The van der Waals surface area contributed by atoms with Crippen molar-refractivity contribution in [1.29, 1.82) is 0 Å². The minimum atomic E-state index is -0.0666. The lowest BCUT2D eigenvalue weighted by atomic mass is 10.1. The number of carbonyl (C=O) groups is 1. The Bertz CT molecular complexity index is 658. The smallest absolute Gasteiger partial charge is 0.234 e. The van der Waals surface area contributed by atoms with E-state index in [1.165, 1.54) is 0 Å². The Morgan fingerprint density at radius 3 is 2.30 bits per heavy atom. The van der Waals surface area contributed by atoms with Crippen LogP contribution in [-0.4, -0.2) is 12.5 Å². The molecule has 0 aromatic heterocycles. The van der Waals surface area contributed by atoms with Gasteiger partial charge in [-0.3, -0.25) is 4.79 Å². The lowest BCUT2D eigenvalue weighted by Gasteiger charge is -2.17. The molecule has 23 heavy (non-hydrogen) atoms. The highest BCUT2D eigenvalue weighted by atomic mass is 35.5. The number of rotatable bonds is 6. The zero-order chi connectivity index (χ0) is 16.8. The lowest BCUT2D eigenvalue weighted by molar-refractivity contribution is -0.121. The highest BCUT2D eigenvalue weighted by Crippen LogP contribution is 2.18. The molecular weight excluding hydrogens is 331 g/mol. The zero-order valence-electron chi connectivity index (χ0n) is 13.1. The zero-order valence-corrected chi connectivity index (χ0v) is 14.7. The highest BCUT2D eigenvalue weighted by Gasteiger charge is 2.11. The summed E-state index contributed by atoms with van der Waals surface area (Å²) in [5.74, 6) is -0.0543. The predicted molar refractivity (Wildman–Crippen MR) is 95.9 cm³/mol.